The summed E-state index contributed by atoms with van der Waals surface area (Å²) in [5.41, 5.74) is 2.74. The molecule has 0 bridgehead atoms. The number of hydrogen-bond donors (Lipinski definition) is 1. The number of nitrogens with zero attached hydrogens (tertiary/aromatic N) is 1. The van der Waals surface area contributed by atoms with Crippen molar-refractivity contribution >= 4 is 11.9 Å². The van der Waals surface area contributed by atoms with Gasteiger partial charge < -0.3 is 14.8 Å². The summed E-state index contributed by atoms with van der Waals surface area (Å²) in [6.07, 6.45) is 0.684. The van der Waals surface area contributed by atoms with E-state index in [-0.39, 0.29) is 6.61 Å². The summed E-state index contributed by atoms with van der Waals surface area (Å²) >= 11 is 0. The second-order valence-corrected chi connectivity index (χ2v) is 5.96. The average molecular weight is 354 g/mol. The Labute approximate surface area is 153 Å². The molecule has 1 N–H and O–H groups in total. The van der Waals surface area contributed by atoms with Gasteiger partial charge in [-0.3, -0.25) is 0 Å². The van der Waals surface area contributed by atoms with Gasteiger partial charge in [0.05, 0.1) is 42.4 Å². The third kappa shape index (κ3) is 3.62. The van der Waals surface area contributed by atoms with Crippen molar-refractivity contribution in [2.75, 3.05) is 13.7 Å². The van der Waals surface area contributed by atoms with Crippen LogP contribution in [0.25, 0.3) is 0 Å². The van der Waals surface area contributed by atoms with Crippen LogP contribution < -0.4 is 5.32 Å². The lowest BCUT2D eigenvalue weighted by atomic mass is 9.79. The number of benzene rings is 1. The number of allylic oxidation sites excluding steroid dienone is 2. The highest BCUT2D eigenvalue weighted by molar-refractivity contribution is 6.00. The van der Waals surface area contributed by atoms with Crippen molar-refractivity contribution in [1.82, 2.24) is 5.32 Å². The lowest BCUT2D eigenvalue weighted by Crippen LogP contribution is -2.32. The van der Waals surface area contributed by atoms with Crippen LogP contribution in [0.4, 0.5) is 0 Å². The molecule has 26 heavy (non-hydrogen) atoms. The Morgan fingerprint density at radius 2 is 1.77 bits per heavy atom. The monoisotopic (exact) mass is 354 g/mol. The highest BCUT2D eigenvalue weighted by Crippen LogP contribution is 2.40. The van der Waals surface area contributed by atoms with Gasteiger partial charge in [0.25, 0.3) is 0 Å². The molecule has 2 rings (SSSR count). The number of dihydropyridines is 1. The predicted octanol–water partition coefficient (Wildman–Crippen LogP) is 2.92. The van der Waals surface area contributed by atoms with Gasteiger partial charge in [0.2, 0.25) is 0 Å². The number of esters is 2. The van der Waals surface area contributed by atoms with E-state index in [0.717, 1.165) is 0 Å². The number of ether oxygens (including phenoxy) is 2. The first kappa shape index (κ1) is 19.3. The molecule has 0 saturated heterocycles. The largest absolute Gasteiger partial charge is 0.466 e. The summed E-state index contributed by atoms with van der Waals surface area (Å²) in [6, 6.07) is 9.04. The van der Waals surface area contributed by atoms with Gasteiger partial charge >= 0.3 is 11.9 Å². The molecular weight excluding hydrogens is 332 g/mol. The van der Waals surface area contributed by atoms with Crippen molar-refractivity contribution in [3.63, 3.8) is 0 Å². The van der Waals surface area contributed by atoms with Crippen LogP contribution in [0.3, 0.4) is 0 Å². The first-order valence-electron chi connectivity index (χ1n) is 8.39. The molecule has 0 radical (unpaired) electrons. The zero-order chi connectivity index (χ0) is 19.3. The minimum atomic E-state index is -0.732. The molecule has 0 amide bonds. The van der Waals surface area contributed by atoms with Crippen molar-refractivity contribution in [3.8, 4) is 6.07 Å². The molecule has 1 aromatic rings. The second-order valence-electron chi connectivity index (χ2n) is 5.96. The molecule has 0 saturated carbocycles. The van der Waals surface area contributed by atoms with E-state index < -0.39 is 17.9 Å². The molecule has 1 aliphatic rings. The highest BCUT2D eigenvalue weighted by Gasteiger charge is 2.38. The molecule has 1 atom stereocenters. The maximum absolute atomic E-state index is 12.7. The van der Waals surface area contributed by atoms with Crippen molar-refractivity contribution in [3.05, 3.63) is 57.9 Å². The van der Waals surface area contributed by atoms with Gasteiger partial charge in [0.15, 0.2) is 0 Å². The third-order valence-electron chi connectivity index (χ3n) is 4.22. The molecule has 0 fully saturated rings. The first-order chi connectivity index (χ1) is 12.5. The number of nitrogens with one attached hydrogen (secondary N) is 1. The molecule has 1 aromatic carbocycles. The van der Waals surface area contributed by atoms with Crippen LogP contribution in [-0.4, -0.2) is 25.7 Å². The smallest absolute Gasteiger partial charge is 0.336 e. The summed E-state index contributed by atoms with van der Waals surface area (Å²) in [5.74, 6) is -1.80. The number of carbonyl (C=O) groups is 2. The van der Waals surface area contributed by atoms with Crippen LogP contribution in [0, 0.1) is 11.3 Å². The fourth-order valence-electron chi connectivity index (χ4n) is 3.08. The van der Waals surface area contributed by atoms with Gasteiger partial charge in [-0.05, 0) is 31.9 Å². The van der Waals surface area contributed by atoms with E-state index in [1.54, 1.807) is 38.1 Å². The quantitative estimate of drug-likeness (QED) is 0.818. The summed E-state index contributed by atoms with van der Waals surface area (Å²) < 4.78 is 10.3. The van der Waals surface area contributed by atoms with Gasteiger partial charge in [-0.2, -0.15) is 5.26 Å². The van der Waals surface area contributed by atoms with E-state index in [0.29, 0.717) is 40.1 Å². The Morgan fingerprint density at radius 3 is 2.35 bits per heavy atom. The molecule has 6 heteroatoms. The maximum atomic E-state index is 12.7. The SMILES string of the molecule is CCCOC(=O)C1=C(C)NC(C)=C(C(=O)OC)C1c1ccccc1C#N. The Balaban J connectivity index is 2.69. The van der Waals surface area contributed by atoms with Crippen LogP contribution in [0.5, 0.6) is 0 Å². The molecule has 136 valence electrons. The van der Waals surface area contributed by atoms with Crippen LogP contribution >= 0.6 is 0 Å². The van der Waals surface area contributed by atoms with Crippen molar-refractivity contribution in [1.29, 1.82) is 5.26 Å². The number of carbonyl (C=O) groups excluding carboxylic acids is 2. The number of rotatable bonds is 5. The zero-order valence-corrected chi connectivity index (χ0v) is 15.4. The molecule has 0 spiro atoms. The number of methoxy groups -OCH3 is 1. The zero-order valence-electron chi connectivity index (χ0n) is 15.4. The Hall–Kier alpha value is -3.07. The number of nitriles is 1. The summed E-state index contributed by atoms with van der Waals surface area (Å²) in [5, 5.41) is 12.6. The van der Waals surface area contributed by atoms with E-state index in [1.807, 2.05) is 6.92 Å². The van der Waals surface area contributed by atoms with Gasteiger partial charge in [-0.1, -0.05) is 25.1 Å². The first-order valence-corrected chi connectivity index (χ1v) is 8.39. The maximum Gasteiger partial charge on any atom is 0.336 e. The van der Waals surface area contributed by atoms with E-state index in [2.05, 4.69) is 11.4 Å². The second kappa shape index (κ2) is 8.34. The van der Waals surface area contributed by atoms with Crippen molar-refractivity contribution in [2.45, 2.75) is 33.1 Å². The normalized spacial score (nSPS) is 16.7. The lowest BCUT2D eigenvalue weighted by molar-refractivity contribution is -0.139. The van der Waals surface area contributed by atoms with Gasteiger partial charge in [0, 0.05) is 11.4 Å². The summed E-state index contributed by atoms with van der Waals surface area (Å²) in [6.45, 7) is 5.67. The standard InChI is InChI=1S/C20H22N2O4/c1-5-10-26-20(24)17-13(3)22-12(2)16(19(23)25-4)18(17)15-9-7-6-8-14(15)11-21/h6-9,18,22H,5,10H2,1-4H3. The molecule has 0 aliphatic carbocycles. The molecule has 6 nitrogen and oxygen atoms in total. The fraction of sp³-hybridized carbons (Fsp3) is 0.350. The van der Waals surface area contributed by atoms with Crippen LogP contribution in [0.15, 0.2) is 46.8 Å². The van der Waals surface area contributed by atoms with E-state index in [9.17, 15) is 14.9 Å². The van der Waals surface area contributed by atoms with Gasteiger partial charge in [-0.15, -0.1) is 0 Å². The third-order valence-corrected chi connectivity index (χ3v) is 4.22. The van der Waals surface area contributed by atoms with Crippen LogP contribution in [0.1, 0.15) is 44.2 Å². The number of hydrogen-bond acceptors (Lipinski definition) is 6. The summed E-state index contributed by atoms with van der Waals surface area (Å²) in [4.78, 5) is 25.2. The van der Waals surface area contributed by atoms with Crippen molar-refractivity contribution < 1.29 is 19.1 Å². The highest BCUT2D eigenvalue weighted by atomic mass is 16.5. The topological polar surface area (TPSA) is 88.4 Å². The molecule has 1 aliphatic heterocycles. The van der Waals surface area contributed by atoms with Crippen molar-refractivity contribution in [2.24, 2.45) is 0 Å². The minimum Gasteiger partial charge on any atom is -0.466 e. The van der Waals surface area contributed by atoms with E-state index in [4.69, 9.17) is 9.47 Å². The molecule has 0 aromatic heterocycles. The average Bonchev–Trinajstić information content (AvgIpc) is 2.64. The molecule has 1 heterocycles. The predicted molar refractivity (Wildman–Crippen MR) is 95.7 cm³/mol. The van der Waals surface area contributed by atoms with Crippen LogP contribution in [0.2, 0.25) is 0 Å². The van der Waals surface area contributed by atoms with Gasteiger partial charge in [-0.25, -0.2) is 9.59 Å². The summed E-state index contributed by atoms with van der Waals surface area (Å²) in [7, 11) is 1.29. The van der Waals surface area contributed by atoms with Gasteiger partial charge in [0.1, 0.15) is 0 Å². The Kier molecular flexibility index (Phi) is 6.18. The van der Waals surface area contributed by atoms with E-state index in [1.165, 1.54) is 7.11 Å². The molecule has 1 unspecified atom stereocenters. The Morgan fingerprint density at radius 1 is 1.15 bits per heavy atom. The van der Waals surface area contributed by atoms with Crippen LogP contribution in [-0.2, 0) is 19.1 Å². The van der Waals surface area contributed by atoms with E-state index >= 15 is 0 Å². The Bertz CT molecular complexity index is 830. The minimum absolute atomic E-state index is 0.276. The lowest BCUT2D eigenvalue weighted by Gasteiger charge is -2.30. The molecular formula is C20H22N2O4. The fourth-order valence-corrected chi connectivity index (χ4v) is 3.08.